The van der Waals surface area contributed by atoms with E-state index in [1.54, 1.807) is 17.8 Å². The molecule has 4 atom stereocenters. The summed E-state index contributed by atoms with van der Waals surface area (Å²) in [6.45, 7) is 3.18. The summed E-state index contributed by atoms with van der Waals surface area (Å²) in [5, 5.41) is 36.5. The van der Waals surface area contributed by atoms with E-state index in [2.05, 4.69) is 39.9 Å². The summed E-state index contributed by atoms with van der Waals surface area (Å²) in [5.74, 6) is -4.66. The minimum Gasteiger partial charge on any atom is -0.543 e. The zero-order valence-corrected chi connectivity index (χ0v) is 36.2. The van der Waals surface area contributed by atoms with E-state index in [4.69, 9.17) is 31.1 Å². The molecule has 11 N–H and O–H groups in total. The first-order valence-electron chi connectivity index (χ1n) is 18.7. The Morgan fingerprint density at radius 1 is 1.20 bits per heavy atom. The second-order valence-electron chi connectivity index (χ2n) is 14.6. The zero-order chi connectivity index (χ0) is 46.8. The van der Waals surface area contributed by atoms with Gasteiger partial charge in [-0.1, -0.05) is 10.3 Å². The van der Waals surface area contributed by atoms with Crippen LogP contribution >= 0.6 is 23.3 Å². The SMILES string of the molecule is Cn1c(N)c(NC(=O)NCCN)c[n+]1CC1=C(C(=O)[O-])N2C(=O)[C@@H](NC(=O)/C(=N\OC(C)(C)C(=O)O)c3nsc(N)n3)[C@H]2SC1.O=C1N2C[C@@H](CC[C@H]2c2ccon2)N1OS(=O)(=O)O. The van der Waals surface area contributed by atoms with Gasteiger partial charge in [-0.2, -0.15) is 22.8 Å². The average molecular weight is 956 g/mol. The van der Waals surface area contributed by atoms with Gasteiger partial charge in [0.1, 0.15) is 23.4 Å². The number of thioether (sulfide) groups is 1. The fourth-order valence-corrected chi connectivity index (χ4v) is 8.82. The normalized spacial score (nSPS) is 20.8. The number of aliphatic carboxylic acids is 2. The van der Waals surface area contributed by atoms with Gasteiger partial charge >= 0.3 is 28.4 Å². The van der Waals surface area contributed by atoms with Crippen LogP contribution in [0.2, 0.25) is 0 Å². The molecule has 6 amide bonds. The summed E-state index contributed by atoms with van der Waals surface area (Å²) < 4.78 is 46.1. The van der Waals surface area contributed by atoms with Gasteiger partial charge in [-0.25, -0.2) is 14.4 Å². The third kappa shape index (κ3) is 9.94. The number of β-lactam (4-membered cyclic amide) rings is 1. The maximum absolute atomic E-state index is 13.2. The lowest BCUT2D eigenvalue weighted by Gasteiger charge is -2.50. The number of fused-ring (bicyclic) bond motifs is 3. The first-order valence-corrected chi connectivity index (χ1v) is 21.9. The summed E-state index contributed by atoms with van der Waals surface area (Å²) in [4.78, 5) is 85.7. The van der Waals surface area contributed by atoms with Gasteiger partial charge in [0, 0.05) is 48.6 Å². The molecule has 29 nitrogen and oxygen atoms in total. The quantitative estimate of drug-likeness (QED) is 0.0240. The van der Waals surface area contributed by atoms with Crippen molar-refractivity contribution in [2.75, 3.05) is 42.2 Å². The molecule has 7 rings (SSSR count). The number of amides is 6. The zero-order valence-electron chi connectivity index (χ0n) is 33.8. The molecule has 4 aliphatic heterocycles. The number of rotatable bonds is 15. The molecule has 0 aromatic carbocycles. The second-order valence-corrected chi connectivity index (χ2v) is 17.4. The third-order valence-electron chi connectivity index (χ3n) is 9.89. The molecule has 4 aliphatic rings. The van der Waals surface area contributed by atoms with E-state index in [1.165, 1.54) is 47.7 Å². The van der Waals surface area contributed by atoms with E-state index in [9.17, 15) is 47.4 Å². The van der Waals surface area contributed by atoms with Crippen LogP contribution in [0.15, 0.2) is 39.5 Å². The highest BCUT2D eigenvalue weighted by molar-refractivity contribution is 8.00. The Balaban J connectivity index is 0.000000295. The molecule has 64 heavy (non-hydrogen) atoms. The predicted octanol–water partition coefficient (Wildman–Crippen LogP) is -3.55. The van der Waals surface area contributed by atoms with Gasteiger partial charge in [0.15, 0.2) is 23.2 Å². The van der Waals surface area contributed by atoms with Gasteiger partial charge in [-0.15, -0.1) is 25.4 Å². The predicted molar refractivity (Wildman–Crippen MR) is 216 cm³/mol. The smallest absolute Gasteiger partial charge is 0.418 e. The number of carbonyl (C=O) groups is 6. The van der Waals surface area contributed by atoms with Crippen LogP contribution in [-0.4, -0.2) is 142 Å². The topological polar surface area (TPSA) is 415 Å². The van der Waals surface area contributed by atoms with Crippen LogP contribution in [0.4, 0.5) is 26.2 Å². The molecule has 7 heterocycles. The van der Waals surface area contributed by atoms with Crippen LogP contribution in [-0.2, 0) is 52.3 Å². The Kier molecular flexibility index (Phi) is 13.6. The minimum absolute atomic E-state index is 0.0106. The molecule has 0 spiro atoms. The van der Waals surface area contributed by atoms with Crippen LogP contribution in [0.5, 0.6) is 0 Å². The van der Waals surface area contributed by atoms with Crippen LogP contribution < -0.4 is 42.9 Å². The number of carbonyl (C=O) groups excluding carboxylic acids is 5. The Labute approximate surface area is 369 Å². The molecule has 0 aliphatic carbocycles. The number of aromatic nitrogens is 5. The van der Waals surface area contributed by atoms with Gasteiger partial charge < -0.3 is 57.1 Å². The first-order chi connectivity index (χ1) is 30.1. The molecule has 0 unspecified atom stereocenters. The van der Waals surface area contributed by atoms with E-state index >= 15 is 0 Å². The fourth-order valence-electron chi connectivity index (χ4n) is 6.66. The number of carboxylic acids is 2. The first kappa shape index (κ1) is 46.9. The molecule has 3 aromatic rings. The monoisotopic (exact) mass is 955 g/mol. The Morgan fingerprint density at radius 2 is 1.94 bits per heavy atom. The number of nitrogen functional groups attached to an aromatic ring is 2. The molecule has 32 heteroatoms. The van der Waals surface area contributed by atoms with Crippen LogP contribution in [0.25, 0.3) is 0 Å². The van der Waals surface area contributed by atoms with Crippen molar-refractivity contribution in [1.29, 1.82) is 0 Å². The Hall–Kier alpha value is -6.61. The summed E-state index contributed by atoms with van der Waals surface area (Å²) >= 11 is 1.93. The van der Waals surface area contributed by atoms with Crippen molar-refractivity contribution in [2.45, 2.75) is 62.3 Å². The molecule has 0 saturated carbocycles. The number of urea groups is 2. The summed E-state index contributed by atoms with van der Waals surface area (Å²) in [7, 11) is -3.11. The number of nitrogens with zero attached hydrogens (tertiary/aromatic N) is 9. The highest BCUT2D eigenvalue weighted by atomic mass is 32.3. The van der Waals surface area contributed by atoms with Crippen molar-refractivity contribution >= 4 is 91.9 Å². The van der Waals surface area contributed by atoms with Crippen molar-refractivity contribution in [2.24, 2.45) is 17.9 Å². The van der Waals surface area contributed by atoms with Crippen LogP contribution in [0.3, 0.4) is 0 Å². The van der Waals surface area contributed by atoms with Crippen molar-refractivity contribution in [3.05, 3.63) is 41.3 Å². The van der Waals surface area contributed by atoms with E-state index < -0.39 is 75.0 Å². The third-order valence-corrected chi connectivity index (χ3v) is 12.1. The molecular weight excluding hydrogens is 915 g/mol. The van der Waals surface area contributed by atoms with E-state index in [-0.39, 0.29) is 59.6 Å². The van der Waals surface area contributed by atoms with Crippen molar-refractivity contribution < 1.29 is 70.3 Å². The lowest BCUT2D eigenvalue weighted by molar-refractivity contribution is -0.765. The molecule has 3 aromatic heterocycles. The number of piperidine rings is 1. The number of hydrogen-bond donors (Lipinski definition) is 8. The van der Waals surface area contributed by atoms with Crippen molar-refractivity contribution in [3.63, 3.8) is 0 Å². The lowest BCUT2D eigenvalue weighted by Crippen LogP contribution is -2.71. The number of nitrogens with one attached hydrogen (secondary N) is 3. The summed E-state index contributed by atoms with van der Waals surface area (Å²) in [6.07, 6.45) is 4.08. The molecule has 3 saturated heterocycles. The van der Waals surface area contributed by atoms with Crippen LogP contribution in [0.1, 0.15) is 44.2 Å². The largest absolute Gasteiger partial charge is 0.543 e. The van der Waals surface area contributed by atoms with Gasteiger partial charge in [0.05, 0.1) is 30.8 Å². The highest BCUT2D eigenvalue weighted by Gasteiger charge is 2.54. The number of anilines is 3. The van der Waals surface area contributed by atoms with Gasteiger partial charge in [-0.3, -0.25) is 24.4 Å². The average Bonchev–Trinajstić information content (AvgIpc) is 4.03. The Bertz CT molecular complexity index is 2510. The molecule has 0 radical (unpaired) electrons. The molecule has 3 fully saturated rings. The molecule has 346 valence electrons. The number of hydrogen-bond acceptors (Lipinski definition) is 21. The second kappa shape index (κ2) is 18.6. The summed E-state index contributed by atoms with van der Waals surface area (Å²) in [6, 6.07) is -1.32. The van der Waals surface area contributed by atoms with Crippen molar-refractivity contribution in [1.82, 2.24) is 44.7 Å². The summed E-state index contributed by atoms with van der Waals surface area (Å²) in [5.41, 5.74) is 15.6. The van der Waals surface area contributed by atoms with E-state index in [0.717, 1.165) is 16.4 Å². The molecule has 2 bridgehead atoms. The minimum atomic E-state index is -4.71. The van der Waals surface area contributed by atoms with E-state index in [1.807, 2.05) is 0 Å². The standard InChI is InChI=1S/C23H30N12O8S2.C9H11N3O6S/c1-23(2,20(40)41)43-31-11(15-30-21(26)45-32-15)16(36)29-12-17(37)35-13(19(38)39)9(8-44-18(12)35)6-34-7-10(14(25)33(34)3)28-22(42)27-5-4-24;13-9-11-5-6(12(9)18-19(14,15)16)1-2-8(11)7-3-4-17-10-7/h7,12,18,25H,4-6,8,24H2,1-3H3,(H7,26,27,28,29,30,32,36,38,39,40,41,42);3-4,6,8H,1-2,5H2,(H,14,15,16)/b31-11-;/t12-,18-;6-,8+/m11/s1. The number of hydroxylamine groups is 2. The molecular formula is C32H41N15O14S3. The van der Waals surface area contributed by atoms with Gasteiger partial charge in [0.25, 0.3) is 11.8 Å². The number of nitrogens with two attached hydrogens (primary N) is 3. The maximum atomic E-state index is 13.2. The number of carboxylic acid groups (broad SMARTS) is 2. The van der Waals surface area contributed by atoms with Gasteiger partial charge in [0.2, 0.25) is 23.3 Å². The number of oxime groups is 1. The van der Waals surface area contributed by atoms with Crippen molar-refractivity contribution in [3.8, 4) is 0 Å². The maximum Gasteiger partial charge on any atom is 0.418 e. The highest BCUT2D eigenvalue weighted by Crippen LogP contribution is 2.41. The Morgan fingerprint density at radius 3 is 2.55 bits per heavy atom. The fraction of sp³-hybridized carbons (Fsp3) is 0.469. The van der Waals surface area contributed by atoms with Gasteiger partial charge in [-0.05, 0) is 26.7 Å². The van der Waals surface area contributed by atoms with Crippen LogP contribution in [0, 0.1) is 0 Å². The van der Waals surface area contributed by atoms with E-state index in [0.29, 0.717) is 35.7 Å². The lowest BCUT2D eigenvalue weighted by atomic mass is 9.99.